The average molecular weight is 270 g/mol. The number of carbonyl (C=O) groups excluding carboxylic acids is 1. The number of unbranched alkanes of at least 4 members (excludes halogenated alkanes) is 5. The first-order chi connectivity index (χ1) is 6.18. The van der Waals surface area contributed by atoms with Gasteiger partial charge in [0.15, 0.2) is 0 Å². The summed E-state index contributed by atoms with van der Waals surface area (Å²) in [6.45, 7) is 2.21. The Labute approximate surface area is 94.4 Å². The van der Waals surface area contributed by atoms with Crippen LogP contribution in [0.1, 0.15) is 51.9 Å². The Morgan fingerprint density at radius 1 is 1.23 bits per heavy atom. The van der Waals surface area contributed by atoms with Crippen molar-refractivity contribution in [1.82, 2.24) is 0 Å². The Bertz CT molecular complexity index is 139. The third-order valence-corrected chi connectivity index (χ3v) is 3.46. The van der Waals surface area contributed by atoms with Crippen molar-refractivity contribution < 1.29 is 4.79 Å². The van der Waals surface area contributed by atoms with Gasteiger partial charge in [0.05, 0.1) is 4.83 Å². The largest absolute Gasteiger partial charge is 0.280 e. The summed E-state index contributed by atoms with van der Waals surface area (Å²) in [5.41, 5.74) is 0. The molecular weight excluding hydrogens is 251 g/mol. The Hall–Kier alpha value is 0.440. The highest BCUT2D eigenvalue weighted by atomic mass is 79.9. The second-order valence-electron chi connectivity index (χ2n) is 3.33. The Morgan fingerprint density at radius 2 is 1.77 bits per heavy atom. The van der Waals surface area contributed by atoms with Gasteiger partial charge in [0.25, 0.3) is 0 Å². The maximum atomic E-state index is 10.6. The fourth-order valence-corrected chi connectivity index (χ4v) is 1.65. The van der Waals surface area contributed by atoms with E-state index in [1.54, 1.807) is 0 Å². The van der Waals surface area contributed by atoms with E-state index in [4.69, 9.17) is 11.6 Å². The predicted octanol–water partition coefficient (Wildman–Crippen LogP) is 4.27. The molecule has 0 rings (SSSR count). The summed E-state index contributed by atoms with van der Waals surface area (Å²) in [6.07, 6.45) is 8.38. The van der Waals surface area contributed by atoms with Crippen molar-refractivity contribution in [3.63, 3.8) is 0 Å². The second-order valence-corrected chi connectivity index (χ2v) is 4.81. The van der Waals surface area contributed by atoms with Crippen molar-refractivity contribution in [2.45, 2.75) is 56.7 Å². The van der Waals surface area contributed by atoms with Crippen LogP contribution in [0.5, 0.6) is 0 Å². The first-order valence-corrected chi connectivity index (χ1v) is 6.31. The lowest BCUT2D eigenvalue weighted by molar-refractivity contribution is -0.111. The van der Waals surface area contributed by atoms with Crippen molar-refractivity contribution in [1.29, 1.82) is 0 Å². The van der Waals surface area contributed by atoms with Crippen LogP contribution in [0.4, 0.5) is 0 Å². The van der Waals surface area contributed by atoms with E-state index >= 15 is 0 Å². The molecule has 0 unspecified atom stereocenters. The summed E-state index contributed by atoms with van der Waals surface area (Å²) in [5, 5.41) is -0.270. The van der Waals surface area contributed by atoms with Gasteiger partial charge in [-0.15, -0.1) is 0 Å². The molecule has 0 amide bonds. The molecule has 0 bridgehead atoms. The number of alkyl halides is 1. The lowest BCUT2D eigenvalue weighted by Crippen LogP contribution is -2.06. The first-order valence-electron chi connectivity index (χ1n) is 5.02. The molecule has 78 valence electrons. The van der Waals surface area contributed by atoms with Crippen molar-refractivity contribution in [3.8, 4) is 0 Å². The Morgan fingerprint density at radius 3 is 2.31 bits per heavy atom. The molecule has 1 atom stereocenters. The molecule has 0 aromatic carbocycles. The molecule has 0 saturated carbocycles. The zero-order valence-corrected chi connectivity index (χ0v) is 10.5. The summed E-state index contributed by atoms with van der Waals surface area (Å²) < 4.78 is 0. The summed E-state index contributed by atoms with van der Waals surface area (Å²) in [5.74, 6) is 0. The van der Waals surface area contributed by atoms with Gasteiger partial charge in [-0.2, -0.15) is 0 Å². The van der Waals surface area contributed by atoms with Gasteiger partial charge in [0.2, 0.25) is 5.24 Å². The maximum absolute atomic E-state index is 10.6. The zero-order chi connectivity index (χ0) is 10.1. The van der Waals surface area contributed by atoms with Crippen molar-refractivity contribution in [2.75, 3.05) is 0 Å². The van der Waals surface area contributed by atoms with Crippen LogP contribution in [0.2, 0.25) is 0 Å². The van der Waals surface area contributed by atoms with Crippen LogP contribution >= 0.6 is 27.5 Å². The summed E-state index contributed by atoms with van der Waals surface area (Å²) in [6, 6.07) is 0. The van der Waals surface area contributed by atoms with E-state index in [9.17, 15) is 4.79 Å². The molecule has 0 N–H and O–H groups in total. The Kier molecular flexibility index (Phi) is 9.32. The van der Waals surface area contributed by atoms with Gasteiger partial charge in [-0.25, -0.2) is 0 Å². The number of halogens is 2. The molecule has 1 nitrogen and oxygen atoms in total. The highest BCUT2D eigenvalue weighted by molar-refractivity contribution is 9.10. The topological polar surface area (TPSA) is 17.1 Å². The fraction of sp³-hybridized carbons (Fsp3) is 0.900. The van der Waals surface area contributed by atoms with Gasteiger partial charge < -0.3 is 0 Å². The van der Waals surface area contributed by atoms with Crippen molar-refractivity contribution in [2.24, 2.45) is 0 Å². The van der Waals surface area contributed by atoms with E-state index in [-0.39, 0.29) is 10.1 Å². The Balaban J connectivity index is 3.11. The zero-order valence-electron chi connectivity index (χ0n) is 8.19. The second kappa shape index (κ2) is 9.01. The summed E-state index contributed by atoms with van der Waals surface area (Å²) in [7, 11) is 0. The molecule has 0 heterocycles. The molecule has 0 spiro atoms. The highest BCUT2D eigenvalue weighted by Gasteiger charge is 2.10. The van der Waals surface area contributed by atoms with E-state index in [1.807, 2.05) is 0 Å². The fourth-order valence-electron chi connectivity index (χ4n) is 1.22. The van der Waals surface area contributed by atoms with E-state index in [1.165, 1.54) is 32.1 Å². The molecule has 13 heavy (non-hydrogen) atoms. The SMILES string of the molecule is CCCCCCCC[C@@H](Br)C(=O)Cl. The number of hydrogen-bond donors (Lipinski definition) is 0. The standard InChI is InChI=1S/C10H18BrClO/c1-2-3-4-5-6-7-8-9(11)10(12)13/h9H,2-8H2,1H3/t9-/m1/s1. The minimum absolute atomic E-state index is 0.139. The van der Waals surface area contributed by atoms with Crippen LogP contribution in [-0.2, 0) is 4.79 Å². The van der Waals surface area contributed by atoms with Crippen LogP contribution in [0, 0.1) is 0 Å². The van der Waals surface area contributed by atoms with E-state index < -0.39 is 0 Å². The quantitative estimate of drug-likeness (QED) is 0.365. The molecule has 0 aliphatic carbocycles. The molecule has 0 aliphatic heterocycles. The van der Waals surface area contributed by atoms with Crippen LogP contribution in [-0.4, -0.2) is 10.1 Å². The molecular formula is C10H18BrClO. The number of carbonyl (C=O) groups is 1. The molecule has 0 radical (unpaired) electrons. The molecule has 3 heteroatoms. The molecule has 0 saturated heterocycles. The monoisotopic (exact) mass is 268 g/mol. The van der Waals surface area contributed by atoms with Crippen LogP contribution in [0.25, 0.3) is 0 Å². The van der Waals surface area contributed by atoms with E-state index in [0.29, 0.717) is 0 Å². The summed E-state index contributed by atoms with van der Waals surface area (Å²) in [4.78, 5) is 10.5. The molecule has 0 aliphatic rings. The van der Waals surface area contributed by atoms with Gasteiger partial charge >= 0.3 is 0 Å². The minimum Gasteiger partial charge on any atom is -0.280 e. The van der Waals surface area contributed by atoms with Crippen LogP contribution < -0.4 is 0 Å². The molecule has 0 aromatic rings. The third-order valence-electron chi connectivity index (χ3n) is 2.06. The van der Waals surface area contributed by atoms with E-state index in [2.05, 4.69) is 22.9 Å². The molecule has 0 aromatic heterocycles. The smallest absolute Gasteiger partial charge is 0.235 e. The van der Waals surface area contributed by atoms with Crippen LogP contribution in [0.3, 0.4) is 0 Å². The predicted molar refractivity (Wildman–Crippen MR) is 61.6 cm³/mol. The number of rotatable bonds is 8. The van der Waals surface area contributed by atoms with E-state index in [0.717, 1.165) is 12.8 Å². The molecule has 0 fully saturated rings. The van der Waals surface area contributed by atoms with Gasteiger partial charge in [0, 0.05) is 0 Å². The van der Waals surface area contributed by atoms with Gasteiger partial charge in [-0.1, -0.05) is 61.4 Å². The van der Waals surface area contributed by atoms with Crippen molar-refractivity contribution in [3.05, 3.63) is 0 Å². The third kappa shape index (κ3) is 8.76. The van der Waals surface area contributed by atoms with Crippen molar-refractivity contribution >= 4 is 32.8 Å². The summed E-state index contributed by atoms with van der Waals surface area (Å²) >= 11 is 8.55. The maximum Gasteiger partial charge on any atom is 0.235 e. The lowest BCUT2D eigenvalue weighted by Gasteiger charge is -2.03. The highest BCUT2D eigenvalue weighted by Crippen LogP contribution is 2.15. The van der Waals surface area contributed by atoms with Gasteiger partial charge in [-0.05, 0) is 18.0 Å². The normalized spacial score (nSPS) is 12.8. The lowest BCUT2D eigenvalue weighted by atomic mass is 10.1. The first kappa shape index (κ1) is 13.4. The van der Waals surface area contributed by atoms with Gasteiger partial charge in [0.1, 0.15) is 0 Å². The minimum atomic E-state index is -0.270. The average Bonchev–Trinajstić information content (AvgIpc) is 2.10. The van der Waals surface area contributed by atoms with Gasteiger partial charge in [-0.3, -0.25) is 4.79 Å². The van der Waals surface area contributed by atoms with Crippen LogP contribution in [0.15, 0.2) is 0 Å². The number of hydrogen-bond acceptors (Lipinski definition) is 1.